The van der Waals surface area contributed by atoms with Crippen molar-refractivity contribution >= 4 is 34.7 Å². The largest absolute Gasteiger partial charge is 0.331 e. The van der Waals surface area contributed by atoms with Crippen molar-refractivity contribution in [3.05, 3.63) is 99.1 Å². The maximum Gasteiger partial charge on any atom is 0.266 e. The quantitative estimate of drug-likeness (QED) is 0.487. The summed E-state index contributed by atoms with van der Waals surface area (Å²) in [4.78, 5) is 28.3. The second-order valence-electron chi connectivity index (χ2n) is 6.25. The van der Waals surface area contributed by atoms with Crippen molar-refractivity contribution in [2.75, 3.05) is 5.32 Å². The number of benzene rings is 3. The summed E-state index contributed by atoms with van der Waals surface area (Å²) >= 11 is 5.32. The first-order chi connectivity index (χ1) is 13.9. The summed E-state index contributed by atoms with van der Waals surface area (Å²) < 4.78 is 27.9. The Morgan fingerprint density at radius 2 is 1.72 bits per heavy atom. The molecule has 0 aliphatic rings. The predicted molar refractivity (Wildman–Crippen MR) is 109 cm³/mol. The van der Waals surface area contributed by atoms with Crippen LogP contribution < -0.4 is 10.9 Å². The summed E-state index contributed by atoms with van der Waals surface area (Å²) in [6.07, 6.45) is 0. The molecule has 0 aliphatic carbocycles. The molecule has 0 radical (unpaired) electrons. The van der Waals surface area contributed by atoms with E-state index in [1.54, 1.807) is 24.3 Å². The van der Waals surface area contributed by atoms with E-state index in [-0.39, 0.29) is 21.6 Å². The number of hydrogen-bond donors (Lipinski definition) is 2. The van der Waals surface area contributed by atoms with Crippen LogP contribution in [0.3, 0.4) is 0 Å². The van der Waals surface area contributed by atoms with Crippen molar-refractivity contribution in [2.24, 2.45) is 0 Å². The maximum atomic E-state index is 13.3. The van der Waals surface area contributed by atoms with Gasteiger partial charge >= 0.3 is 0 Å². The van der Waals surface area contributed by atoms with E-state index < -0.39 is 17.5 Å². The summed E-state index contributed by atoms with van der Waals surface area (Å²) in [6, 6.07) is 16.5. The number of carbonyl (C=O) groups is 1. The van der Waals surface area contributed by atoms with E-state index in [0.717, 1.165) is 12.1 Å². The summed E-state index contributed by atoms with van der Waals surface area (Å²) in [5, 5.41) is 2.84. The maximum absolute atomic E-state index is 13.3. The Hall–Kier alpha value is -3.65. The first-order valence-corrected chi connectivity index (χ1v) is 8.96. The van der Waals surface area contributed by atoms with Crippen LogP contribution in [-0.4, -0.2) is 15.5 Å². The number of rotatable bonds is 3. The highest BCUT2D eigenvalue weighted by Crippen LogP contribution is 2.17. The minimum absolute atomic E-state index is 0.112. The van der Waals surface area contributed by atoms with E-state index in [1.165, 1.54) is 28.8 Å². The lowest BCUT2D eigenvalue weighted by Crippen LogP contribution is -2.21. The molecule has 5 nitrogen and oxygen atoms in total. The summed E-state index contributed by atoms with van der Waals surface area (Å²) in [6.45, 7) is 0. The van der Waals surface area contributed by atoms with Crippen LogP contribution in [0.1, 0.15) is 10.4 Å². The zero-order valence-corrected chi connectivity index (χ0v) is 15.6. The number of anilines is 1. The van der Waals surface area contributed by atoms with Gasteiger partial charge in [0, 0.05) is 17.3 Å². The number of fused-ring (bicyclic) bond motifs is 1. The molecule has 8 heteroatoms. The van der Waals surface area contributed by atoms with Crippen molar-refractivity contribution in [1.29, 1.82) is 0 Å². The summed E-state index contributed by atoms with van der Waals surface area (Å²) in [5.74, 6) is -2.60. The van der Waals surface area contributed by atoms with Crippen LogP contribution in [0.4, 0.5) is 14.5 Å². The van der Waals surface area contributed by atoms with E-state index in [4.69, 9.17) is 12.2 Å². The monoisotopic (exact) mass is 409 g/mol. The van der Waals surface area contributed by atoms with Crippen LogP contribution in [0.15, 0.2) is 71.5 Å². The van der Waals surface area contributed by atoms with Crippen molar-refractivity contribution in [3.63, 3.8) is 0 Å². The second-order valence-corrected chi connectivity index (χ2v) is 6.64. The first kappa shape index (κ1) is 18.7. The second kappa shape index (κ2) is 7.40. The van der Waals surface area contributed by atoms with Crippen LogP contribution in [0.2, 0.25) is 0 Å². The van der Waals surface area contributed by atoms with Gasteiger partial charge in [0.2, 0.25) is 0 Å². The molecule has 0 spiro atoms. The average molecular weight is 409 g/mol. The van der Waals surface area contributed by atoms with E-state index in [9.17, 15) is 18.4 Å². The van der Waals surface area contributed by atoms with Crippen molar-refractivity contribution in [3.8, 4) is 5.69 Å². The third-order valence-corrected chi connectivity index (χ3v) is 4.64. The van der Waals surface area contributed by atoms with Crippen molar-refractivity contribution in [2.45, 2.75) is 0 Å². The Kier molecular flexibility index (Phi) is 4.77. The van der Waals surface area contributed by atoms with Gasteiger partial charge in [0.25, 0.3) is 11.5 Å². The Morgan fingerprint density at radius 1 is 0.966 bits per heavy atom. The molecule has 0 bridgehead atoms. The highest BCUT2D eigenvalue weighted by atomic mass is 32.1. The molecule has 0 aliphatic heterocycles. The number of aromatic amines is 1. The third kappa shape index (κ3) is 3.57. The zero-order chi connectivity index (χ0) is 20.5. The highest BCUT2D eigenvalue weighted by molar-refractivity contribution is 7.71. The molecule has 144 valence electrons. The number of carbonyl (C=O) groups excluding carboxylic acids is 1. The number of nitrogens with zero attached hydrogens (tertiary/aromatic N) is 1. The number of para-hydroxylation sites is 1. The minimum atomic E-state index is -1.06. The molecule has 4 rings (SSSR count). The van der Waals surface area contributed by atoms with E-state index in [0.29, 0.717) is 16.6 Å². The number of amides is 1. The smallest absolute Gasteiger partial charge is 0.266 e. The van der Waals surface area contributed by atoms with Gasteiger partial charge in [-0.1, -0.05) is 18.2 Å². The van der Waals surface area contributed by atoms with Gasteiger partial charge in [-0.25, -0.2) is 8.78 Å². The summed E-state index contributed by atoms with van der Waals surface area (Å²) in [5.41, 5.74) is 1.04. The fourth-order valence-corrected chi connectivity index (χ4v) is 3.25. The van der Waals surface area contributed by atoms with Crippen LogP contribution in [0, 0.1) is 16.4 Å². The molecule has 1 heterocycles. The standard InChI is InChI=1S/C21H13F2N3O2S/c22-16-9-7-13(11-17(16)23)24-19(27)12-6-8-15-18(10-12)25-21(29)26(20(15)28)14-4-2-1-3-5-14/h1-11H,(H,24,27)(H,25,29). The van der Waals surface area contributed by atoms with E-state index in [1.807, 2.05) is 6.07 Å². The molecule has 0 saturated carbocycles. The van der Waals surface area contributed by atoms with Gasteiger partial charge in [0.05, 0.1) is 16.6 Å². The molecule has 0 fully saturated rings. The fraction of sp³-hybridized carbons (Fsp3) is 0. The number of nitrogens with one attached hydrogen (secondary N) is 2. The molecular weight excluding hydrogens is 396 g/mol. The van der Waals surface area contributed by atoms with Gasteiger partial charge < -0.3 is 10.3 Å². The zero-order valence-electron chi connectivity index (χ0n) is 14.8. The molecule has 1 aromatic heterocycles. The molecule has 29 heavy (non-hydrogen) atoms. The van der Waals surface area contributed by atoms with Gasteiger partial charge in [-0.3, -0.25) is 14.2 Å². The molecule has 0 unspecified atom stereocenters. The Morgan fingerprint density at radius 3 is 2.45 bits per heavy atom. The van der Waals surface area contributed by atoms with Gasteiger partial charge in [-0.05, 0) is 54.7 Å². The molecule has 1 amide bonds. The molecular formula is C21H13F2N3O2S. The molecule has 2 N–H and O–H groups in total. The minimum Gasteiger partial charge on any atom is -0.331 e. The van der Waals surface area contributed by atoms with Crippen LogP contribution in [0.25, 0.3) is 16.6 Å². The molecule has 4 aromatic rings. The Labute approximate surface area is 168 Å². The third-order valence-electron chi connectivity index (χ3n) is 4.35. The number of H-pyrrole nitrogens is 1. The lowest BCUT2D eigenvalue weighted by Gasteiger charge is -2.10. The lowest BCUT2D eigenvalue weighted by molar-refractivity contribution is 0.102. The predicted octanol–water partition coefficient (Wildman–Crippen LogP) is 4.58. The number of hydrogen-bond acceptors (Lipinski definition) is 3. The van der Waals surface area contributed by atoms with Crippen LogP contribution in [0.5, 0.6) is 0 Å². The normalized spacial score (nSPS) is 10.8. The Balaban J connectivity index is 1.73. The average Bonchev–Trinajstić information content (AvgIpc) is 2.71. The molecule has 0 atom stereocenters. The number of aromatic nitrogens is 2. The van der Waals surface area contributed by atoms with Crippen LogP contribution >= 0.6 is 12.2 Å². The molecule has 0 saturated heterocycles. The highest BCUT2D eigenvalue weighted by Gasteiger charge is 2.12. The molecule has 3 aromatic carbocycles. The van der Waals surface area contributed by atoms with Crippen molar-refractivity contribution < 1.29 is 13.6 Å². The lowest BCUT2D eigenvalue weighted by atomic mass is 10.1. The van der Waals surface area contributed by atoms with Crippen LogP contribution in [-0.2, 0) is 0 Å². The van der Waals surface area contributed by atoms with Gasteiger partial charge in [-0.2, -0.15) is 0 Å². The van der Waals surface area contributed by atoms with Gasteiger partial charge in [0.15, 0.2) is 16.4 Å². The van der Waals surface area contributed by atoms with Crippen molar-refractivity contribution in [1.82, 2.24) is 9.55 Å². The van der Waals surface area contributed by atoms with Gasteiger partial charge in [-0.15, -0.1) is 0 Å². The summed E-state index contributed by atoms with van der Waals surface area (Å²) in [7, 11) is 0. The van der Waals surface area contributed by atoms with E-state index in [2.05, 4.69) is 10.3 Å². The SMILES string of the molecule is O=C(Nc1ccc(F)c(F)c1)c1ccc2c(=O)n(-c3ccccc3)c(=S)[nH]c2c1. The Bertz CT molecular complexity index is 1360. The fourth-order valence-electron chi connectivity index (χ4n) is 2.95. The topological polar surface area (TPSA) is 66.9 Å². The van der Waals surface area contributed by atoms with E-state index >= 15 is 0 Å². The number of halogens is 2. The first-order valence-electron chi connectivity index (χ1n) is 8.55. The van der Waals surface area contributed by atoms with Gasteiger partial charge in [0.1, 0.15) is 0 Å².